The quantitative estimate of drug-likeness (QED) is 0.577. The van der Waals surface area contributed by atoms with Crippen molar-refractivity contribution in [3.05, 3.63) is 60.2 Å². The zero-order chi connectivity index (χ0) is 16.1. The molecule has 0 spiro atoms. The Hall–Kier alpha value is -3.08. The SMILES string of the molecule is COc1ccc(C=NNc2ccc3ccccc3n2)c(OC)c1. The Bertz CT molecular complexity index is 847. The van der Waals surface area contributed by atoms with Crippen molar-refractivity contribution in [2.75, 3.05) is 19.6 Å². The highest BCUT2D eigenvalue weighted by atomic mass is 16.5. The van der Waals surface area contributed by atoms with Crippen molar-refractivity contribution in [2.24, 2.45) is 5.10 Å². The van der Waals surface area contributed by atoms with Crippen molar-refractivity contribution in [2.45, 2.75) is 0 Å². The summed E-state index contributed by atoms with van der Waals surface area (Å²) in [5.74, 6) is 2.12. The number of rotatable bonds is 5. The molecule has 1 aromatic heterocycles. The molecule has 5 heteroatoms. The van der Waals surface area contributed by atoms with Gasteiger partial charge in [-0.25, -0.2) is 4.98 Å². The Balaban J connectivity index is 1.77. The van der Waals surface area contributed by atoms with Crippen LogP contribution in [-0.2, 0) is 0 Å². The van der Waals surface area contributed by atoms with Crippen LogP contribution in [0.15, 0.2) is 59.7 Å². The maximum absolute atomic E-state index is 5.33. The summed E-state index contributed by atoms with van der Waals surface area (Å²) < 4.78 is 10.5. The molecule has 0 radical (unpaired) electrons. The maximum atomic E-state index is 5.33. The number of hydrazone groups is 1. The lowest BCUT2D eigenvalue weighted by atomic mass is 10.2. The third-order valence-electron chi connectivity index (χ3n) is 3.42. The number of para-hydroxylation sites is 1. The third kappa shape index (κ3) is 3.40. The molecule has 5 nitrogen and oxygen atoms in total. The molecule has 0 atom stereocenters. The number of fused-ring (bicyclic) bond motifs is 1. The van der Waals surface area contributed by atoms with Crippen LogP contribution in [0.3, 0.4) is 0 Å². The van der Waals surface area contributed by atoms with Gasteiger partial charge in [0, 0.05) is 17.0 Å². The second kappa shape index (κ2) is 6.79. The second-order valence-electron chi connectivity index (χ2n) is 4.87. The van der Waals surface area contributed by atoms with E-state index in [1.54, 1.807) is 20.4 Å². The van der Waals surface area contributed by atoms with Gasteiger partial charge in [0.2, 0.25) is 0 Å². The molecular formula is C18H17N3O2. The van der Waals surface area contributed by atoms with Crippen LogP contribution in [0.1, 0.15) is 5.56 Å². The van der Waals surface area contributed by atoms with Crippen LogP contribution >= 0.6 is 0 Å². The molecule has 116 valence electrons. The number of nitrogens with one attached hydrogen (secondary N) is 1. The van der Waals surface area contributed by atoms with E-state index in [0.29, 0.717) is 11.6 Å². The lowest BCUT2D eigenvalue weighted by molar-refractivity contribution is 0.394. The van der Waals surface area contributed by atoms with E-state index in [4.69, 9.17) is 9.47 Å². The molecule has 0 fully saturated rings. The van der Waals surface area contributed by atoms with Gasteiger partial charge >= 0.3 is 0 Å². The molecule has 0 unspecified atom stereocenters. The highest BCUT2D eigenvalue weighted by Crippen LogP contribution is 2.23. The van der Waals surface area contributed by atoms with Gasteiger partial charge in [0.1, 0.15) is 17.3 Å². The Morgan fingerprint density at radius 1 is 1.00 bits per heavy atom. The highest BCUT2D eigenvalue weighted by molar-refractivity contribution is 5.85. The van der Waals surface area contributed by atoms with Crippen molar-refractivity contribution in [3.63, 3.8) is 0 Å². The number of hydrogen-bond acceptors (Lipinski definition) is 5. The predicted molar refractivity (Wildman–Crippen MR) is 92.5 cm³/mol. The van der Waals surface area contributed by atoms with Crippen molar-refractivity contribution in [3.8, 4) is 11.5 Å². The van der Waals surface area contributed by atoms with Gasteiger partial charge in [0.25, 0.3) is 0 Å². The van der Waals surface area contributed by atoms with Crippen LogP contribution in [0.25, 0.3) is 10.9 Å². The fourth-order valence-corrected chi connectivity index (χ4v) is 2.22. The molecule has 0 bridgehead atoms. The lowest BCUT2D eigenvalue weighted by Crippen LogP contribution is -1.96. The molecule has 0 aliphatic rings. The predicted octanol–water partition coefficient (Wildman–Crippen LogP) is 3.70. The van der Waals surface area contributed by atoms with E-state index >= 15 is 0 Å². The van der Waals surface area contributed by atoms with Gasteiger partial charge in [-0.2, -0.15) is 5.10 Å². The minimum absolute atomic E-state index is 0.687. The average molecular weight is 307 g/mol. The maximum Gasteiger partial charge on any atom is 0.146 e. The molecule has 0 aliphatic carbocycles. The lowest BCUT2D eigenvalue weighted by Gasteiger charge is -2.07. The smallest absolute Gasteiger partial charge is 0.146 e. The molecule has 1 N–H and O–H groups in total. The summed E-state index contributed by atoms with van der Waals surface area (Å²) in [7, 11) is 3.24. The van der Waals surface area contributed by atoms with E-state index in [0.717, 1.165) is 22.2 Å². The summed E-state index contributed by atoms with van der Waals surface area (Å²) in [6.45, 7) is 0. The van der Waals surface area contributed by atoms with Crippen LogP contribution in [-0.4, -0.2) is 25.4 Å². The fraction of sp³-hybridized carbons (Fsp3) is 0.111. The summed E-state index contributed by atoms with van der Waals surface area (Å²) in [6.07, 6.45) is 1.69. The topological polar surface area (TPSA) is 55.7 Å². The molecule has 23 heavy (non-hydrogen) atoms. The molecule has 3 aromatic rings. The summed E-state index contributed by atoms with van der Waals surface area (Å²) in [5.41, 5.74) is 4.71. The number of methoxy groups -OCH3 is 2. The Morgan fingerprint density at radius 2 is 1.87 bits per heavy atom. The standard InChI is InChI=1S/C18H17N3O2/c1-22-15-9-7-14(17(11-15)23-2)12-19-21-18-10-8-13-5-3-4-6-16(13)20-18/h3-12H,1-2H3,(H,20,21). The monoisotopic (exact) mass is 307 g/mol. The first-order valence-corrected chi connectivity index (χ1v) is 7.17. The van der Waals surface area contributed by atoms with Gasteiger partial charge < -0.3 is 9.47 Å². The third-order valence-corrected chi connectivity index (χ3v) is 3.42. The number of benzene rings is 2. The van der Waals surface area contributed by atoms with Crippen LogP contribution in [0.5, 0.6) is 11.5 Å². The summed E-state index contributed by atoms with van der Waals surface area (Å²) >= 11 is 0. The Morgan fingerprint density at radius 3 is 2.70 bits per heavy atom. The first kappa shape index (κ1) is 14.8. The van der Waals surface area contributed by atoms with Crippen molar-refractivity contribution >= 4 is 22.9 Å². The number of hydrogen-bond donors (Lipinski definition) is 1. The van der Waals surface area contributed by atoms with E-state index in [1.165, 1.54) is 0 Å². The largest absolute Gasteiger partial charge is 0.497 e. The molecule has 0 saturated heterocycles. The summed E-state index contributed by atoms with van der Waals surface area (Å²) in [6, 6.07) is 17.4. The first-order valence-electron chi connectivity index (χ1n) is 7.17. The minimum Gasteiger partial charge on any atom is -0.497 e. The summed E-state index contributed by atoms with van der Waals surface area (Å²) in [5, 5.41) is 5.32. The number of aromatic nitrogens is 1. The van der Waals surface area contributed by atoms with Gasteiger partial charge in [-0.1, -0.05) is 18.2 Å². The fourth-order valence-electron chi connectivity index (χ4n) is 2.22. The van der Waals surface area contributed by atoms with Crippen LogP contribution in [0.4, 0.5) is 5.82 Å². The zero-order valence-electron chi connectivity index (χ0n) is 13.0. The normalized spacial score (nSPS) is 10.9. The Labute approximate surface area is 134 Å². The minimum atomic E-state index is 0.687. The van der Waals surface area contributed by atoms with Crippen LogP contribution in [0, 0.1) is 0 Å². The molecule has 2 aromatic carbocycles. The molecule has 0 aliphatic heterocycles. The van der Waals surface area contributed by atoms with Crippen molar-refractivity contribution in [1.29, 1.82) is 0 Å². The molecule has 0 saturated carbocycles. The number of nitrogens with zero attached hydrogens (tertiary/aromatic N) is 2. The summed E-state index contributed by atoms with van der Waals surface area (Å²) in [4.78, 5) is 4.50. The van der Waals surface area contributed by atoms with Gasteiger partial charge in [-0.05, 0) is 30.3 Å². The van der Waals surface area contributed by atoms with Crippen LogP contribution < -0.4 is 14.9 Å². The van der Waals surface area contributed by atoms with E-state index in [2.05, 4.69) is 15.5 Å². The van der Waals surface area contributed by atoms with Gasteiger partial charge in [-0.15, -0.1) is 0 Å². The van der Waals surface area contributed by atoms with Crippen LogP contribution in [0.2, 0.25) is 0 Å². The first-order chi connectivity index (χ1) is 11.3. The number of pyridine rings is 1. The average Bonchev–Trinajstić information content (AvgIpc) is 2.61. The van der Waals surface area contributed by atoms with E-state index in [1.807, 2.05) is 54.6 Å². The van der Waals surface area contributed by atoms with Gasteiger partial charge in [0.05, 0.1) is 26.0 Å². The van der Waals surface area contributed by atoms with Crippen molar-refractivity contribution < 1.29 is 9.47 Å². The van der Waals surface area contributed by atoms with Crippen molar-refractivity contribution in [1.82, 2.24) is 4.98 Å². The second-order valence-corrected chi connectivity index (χ2v) is 4.87. The molecular weight excluding hydrogens is 290 g/mol. The van der Waals surface area contributed by atoms with E-state index in [9.17, 15) is 0 Å². The molecule has 1 heterocycles. The Kier molecular flexibility index (Phi) is 4.38. The van der Waals surface area contributed by atoms with E-state index in [-0.39, 0.29) is 0 Å². The van der Waals surface area contributed by atoms with Gasteiger partial charge in [-0.3, -0.25) is 5.43 Å². The number of ether oxygens (including phenoxy) is 2. The molecule has 3 rings (SSSR count). The van der Waals surface area contributed by atoms with Gasteiger partial charge in [0.15, 0.2) is 0 Å². The molecule has 0 amide bonds. The zero-order valence-corrected chi connectivity index (χ0v) is 13.0. The highest BCUT2D eigenvalue weighted by Gasteiger charge is 2.02. The number of anilines is 1. The van der Waals surface area contributed by atoms with E-state index < -0.39 is 0 Å².